The molecule has 0 spiro atoms. The quantitative estimate of drug-likeness (QED) is 0.175. The Hall–Kier alpha value is -3.18. The molecule has 3 aliphatic rings. The first-order valence-corrected chi connectivity index (χ1v) is 22.6. The van der Waals surface area contributed by atoms with Gasteiger partial charge in [-0.3, -0.25) is 9.59 Å². The zero-order valence-corrected chi connectivity index (χ0v) is 37.8. The van der Waals surface area contributed by atoms with Crippen molar-refractivity contribution < 1.29 is 84.7 Å². The third-order valence-corrected chi connectivity index (χ3v) is 12.2. The normalized spacial score (nSPS) is 45.2. The van der Waals surface area contributed by atoms with Crippen molar-refractivity contribution in [1.82, 2.24) is 0 Å². The van der Waals surface area contributed by atoms with E-state index in [1.165, 1.54) is 13.0 Å². The van der Waals surface area contributed by atoms with Crippen LogP contribution in [0.4, 0.5) is 0 Å². The minimum absolute atomic E-state index is 0.138. The number of rotatable bonds is 3. The molecule has 0 unspecified atom stereocenters. The van der Waals surface area contributed by atoms with Crippen LogP contribution >= 0.6 is 0 Å². The van der Waals surface area contributed by atoms with E-state index in [1.807, 2.05) is 49.5 Å². The van der Waals surface area contributed by atoms with E-state index in [2.05, 4.69) is 0 Å². The van der Waals surface area contributed by atoms with Crippen LogP contribution in [0.5, 0.6) is 0 Å². The highest BCUT2D eigenvalue weighted by molar-refractivity contribution is 5.71. The number of carboxylic acids is 1. The molecule has 0 radical (unpaired) electrons. The molecule has 3 heterocycles. The van der Waals surface area contributed by atoms with Crippen LogP contribution in [-0.2, 0) is 28.5 Å². The number of hydrogen-bond acceptors (Lipinski definition) is 17. The average molecular weight is 926 g/mol. The Morgan fingerprint density at radius 3 is 1.94 bits per heavy atom. The number of hydrogen-bond donors (Lipinski definition) is 12. The topological polar surface area (TPSA) is 320 Å². The van der Waals surface area contributed by atoms with Crippen molar-refractivity contribution in [3.05, 3.63) is 72.9 Å². The maximum atomic E-state index is 12.6. The summed E-state index contributed by atoms with van der Waals surface area (Å²) in [6.45, 7) is 6.78. The van der Waals surface area contributed by atoms with Crippen LogP contribution in [0.1, 0.15) is 91.9 Å². The second kappa shape index (κ2) is 27.6. The van der Waals surface area contributed by atoms with E-state index < -0.39 is 141 Å². The molecule has 65 heavy (non-hydrogen) atoms. The average Bonchev–Trinajstić information content (AvgIpc) is 3.21. The second-order valence-corrected chi connectivity index (χ2v) is 17.8. The number of carbonyl (C=O) groups is 2. The molecule has 3 rings (SSSR count). The highest BCUT2D eigenvalue weighted by atomic mass is 16.7. The van der Waals surface area contributed by atoms with E-state index in [4.69, 9.17) is 24.7 Å². The lowest BCUT2D eigenvalue weighted by Gasteiger charge is -2.45. The molecule has 3 aliphatic heterocycles. The van der Waals surface area contributed by atoms with Gasteiger partial charge in [0, 0.05) is 31.1 Å². The van der Waals surface area contributed by atoms with Crippen molar-refractivity contribution in [2.75, 3.05) is 0 Å². The van der Waals surface area contributed by atoms with Gasteiger partial charge in [0.25, 0.3) is 0 Å². The Balaban J connectivity index is 1.84. The Labute approximate surface area is 381 Å². The molecule has 370 valence electrons. The SMILES string of the molecule is C[C@@H]1[C@H](O)[C@@H](C)/C=C\C=C/CC\C=C/C=C\C=C/C=C\[C@@H](O[C@H]2O[C@H](C)[C@@H](O)[C@H](N)[C@@H]2O)C[C@H]2O[C@](O)(C[C@@H](O)[C@@H](O)CC[C@@H](O)C[C@@H](O)C[C@@H](O)CC(=O)O[C@H]1C)C[C@H](O)[C@@H]2C(=O)O. The molecule has 0 aromatic rings. The predicted octanol–water partition coefficient (Wildman–Crippen LogP) is 0.936. The minimum atomic E-state index is -2.35. The Bertz CT molecular complexity index is 1620. The number of cyclic esters (lactones) is 1. The van der Waals surface area contributed by atoms with Crippen LogP contribution in [-0.4, -0.2) is 166 Å². The van der Waals surface area contributed by atoms with Crippen molar-refractivity contribution >= 4 is 11.9 Å². The summed E-state index contributed by atoms with van der Waals surface area (Å²) >= 11 is 0. The molecule has 2 bridgehead atoms. The van der Waals surface area contributed by atoms with Gasteiger partial charge in [0.2, 0.25) is 0 Å². The minimum Gasteiger partial charge on any atom is -0.481 e. The number of fused-ring (bicyclic) bond motifs is 2. The third-order valence-electron chi connectivity index (χ3n) is 12.2. The number of aliphatic hydroxyl groups is 10. The largest absolute Gasteiger partial charge is 0.481 e. The number of nitrogens with two attached hydrogens (primary N) is 1. The molecule has 0 aromatic heterocycles. The van der Waals surface area contributed by atoms with Gasteiger partial charge in [0.05, 0.1) is 79.6 Å². The van der Waals surface area contributed by atoms with Crippen LogP contribution in [0.25, 0.3) is 0 Å². The first-order valence-electron chi connectivity index (χ1n) is 22.6. The summed E-state index contributed by atoms with van der Waals surface area (Å²) in [6, 6.07) is -1.14. The Morgan fingerprint density at radius 1 is 0.692 bits per heavy atom. The van der Waals surface area contributed by atoms with Gasteiger partial charge in [-0.1, -0.05) is 86.8 Å². The van der Waals surface area contributed by atoms with Gasteiger partial charge in [0.1, 0.15) is 18.1 Å². The number of carbonyl (C=O) groups excluding carboxylic acids is 1. The molecule has 18 nitrogen and oxygen atoms in total. The third kappa shape index (κ3) is 18.8. The van der Waals surface area contributed by atoms with E-state index in [9.17, 15) is 65.8 Å². The van der Waals surface area contributed by atoms with Crippen LogP contribution in [0.15, 0.2) is 72.9 Å². The molecule has 19 atom stereocenters. The van der Waals surface area contributed by atoms with Gasteiger partial charge >= 0.3 is 11.9 Å². The molecule has 2 saturated heterocycles. The summed E-state index contributed by atoms with van der Waals surface area (Å²) in [6.07, 6.45) is 2.28. The van der Waals surface area contributed by atoms with Crippen molar-refractivity contribution in [3.8, 4) is 0 Å². The lowest BCUT2D eigenvalue weighted by atomic mass is 9.82. The molecular formula is C47H75NO17. The molecule has 2 fully saturated rings. The molecule has 18 heteroatoms. The molecule has 13 N–H and O–H groups in total. The van der Waals surface area contributed by atoms with Crippen LogP contribution in [0.3, 0.4) is 0 Å². The second-order valence-electron chi connectivity index (χ2n) is 17.8. The van der Waals surface area contributed by atoms with E-state index in [1.54, 1.807) is 38.2 Å². The molecular weight excluding hydrogens is 851 g/mol. The van der Waals surface area contributed by atoms with Gasteiger partial charge in [0.15, 0.2) is 12.1 Å². The first-order chi connectivity index (χ1) is 30.6. The highest BCUT2D eigenvalue weighted by Crippen LogP contribution is 2.38. The number of esters is 1. The van der Waals surface area contributed by atoms with Gasteiger partial charge < -0.3 is 80.9 Å². The summed E-state index contributed by atoms with van der Waals surface area (Å²) < 4.78 is 23.2. The summed E-state index contributed by atoms with van der Waals surface area (Å²) in [5.41, 5.74) is 6.02. The van der Waals surface area contributed by atoms with E-state index in [-0.39, 0.29) is 38.0 Å². The van der Waals surface area contributed by atoms with Gasteiger partial charge in [-0.15, -0.1) is 0 Å². The number of carboxylic acid groups (broad SMARTS) is 1. The number of ether oxygens (including phenoxy) is 4. The van der Waals surface area contributed by atoms with Crippen molar-refractivity contribution in [2.24, 2.45) is 23.5 Å². The highest BCUT2D eigenvalue weighted by Gasteiger charge is 2.51. The molecule has 0 amide bonds. The molecule has 0 aliphatic carbocycles. The van der Waals surface area contributed by atoms with Crippen molar-refractivity contribution in [2.45, 2.75) is 189 Å². The number of allylic oxidation sites excluding steroid dienone is 10. The molecule has 0 saturated carbocycles. The van der Waals surface area contributed by atoms with E-state index >= 15 is 0 Å². The monoisotopic (exact) mass is 926 g/mol. The van der Waals surface area contributed by atoms with Crippen LogP contribution in [0, 0.1) is 17.8 Å². The zero-order chi connectivity index (χ0) is 48.4. The van der Waals surface area contributed by atoms with Gasteiger partial charge in [-0.25, -0.2) is 0 Å². The van der Waals surface area contributed by atoms with Crippen molar-refractivity contribution in [1.29, 1.82) is 0 Å². The zero-order valence-electron chi connectivity index (χ0n) is 37.8. The fraction of sp³-hybridized carbons (Fsp3) is 0.702. The van der Waals surface area contributed by atoms with Gasteiger partial charge in [-0.05, 0) is 52.4 Å². The Kier molecular flexibility index (Phi) is 23.8. The summed E-state index contributed by atoms with van der Waals surface area (Å²) in [7, 11) is 0. The predicted molar refractivity (Wildman–Crippen MR) is 237 cm³/mol. The first kappa shape index (κ1) is 56.1. The lowest BCUT2D eigenvalue weighted by molar-refractivity contribution is -0.310. The van der Waals surface area contributed by atoms with Crippen molar-refractivity contribution in [3.63, 3.8) is 0 Å². The summed E-state index contributed by atoms with van der Waals surface area (Å²) in [5, 5.41) is 118. The smallest absolute Gasteiger partial charge is 0.311 e. The van der Waals surface area contributed by atoms with E-state index in [0.717, 1.165) is 12.8 Å². The van der Waals surface area contributed by atoms with Crippen LogP contribution < -0.4 is 5.73 Å². The number of aliphatic carboxylic acids is 1. The standard InChI is InChI=1S/C47H75NO17/c1-27-17-15-13-11-9-7-5-6-8-10-12-14-16-18-34(64-46-44(58)41(48)43(57)30(4)63-46)24-38-40(45(59)60)37(54)26-47(61,65-38)25-36(53)35(52)20-19-31(49)21-32(50)22-33(51)23-39(55)62-29(3)28(2)42(27)56/h5-6,8,10-18,27-38,40-44,46,49-54,56-58,61H,7,9,19-26,48H2,1-4H3,(H,59,60)/b6-5-,10-8-,13-11-,14-12-,17-15-,18-16-/t27-,28-,29-,30+,31+,32+,33+,34+,35-,36+,37-,38+,40-,41-,42+,43+,44-,46+,47+/m0/s1. The maximum absolute atomic E-state index is 12.6. The summed E-state index contributed by atoms with van der Waals surface area (Å²) in [4.78, 5) is 25.1. The fourth-order valence-electron chi connectivity index (χ4n) is 8.11. The Morgan fingerprint density at radius 2 is 1.28 bits per heavy atom. The number of aliphatic hydroxyl groups excluding tert-OH is 9. The van der Waals surface area contributed by atoms with Crippen LogP contribution in [0.2, 0.25) is 0 Å². The van der Waals surface area contributed by atoms with Gasteiger partial charge in [-0.2, -0.15) is 0 Å². The lowest BCUT2D eigenvalue weighted by Crippen LogP contribution is -2.61. The fourth-order valence-corrected chi connectivity index (χ4v) is 8.11. The molecule has 0 aromatic carbocycles. The summed E-state index contributed by atoms with van der Waals surface area (Å²) in [5.74, 6) is -6.82. The maximum Gasteiger partial charge on any atom is 0.311 e. The van der Waals surface area contributed by atoms with E-state index in [0.29, 0.717) is 0 Å².